The lowest BCUT2D eigenvalue weighted by Crippen LogP contribution is -2.09. The molecule has 0 bridgehead atoms. The summed E-state index contributed by atoms with van der Waals surface area (Å²) in [4.78, 5) is 0. The summed E-state index contributed by atoms with van der Waals surface area (Å²) >= 11 is 3.51. The highest BCUT2D eigenvalue weighted by Crippen LogP contribution is 2.36. The van der Waals surface area contributed by atoms with Crippen LogP contribution >= 0.6 is 15.9 Å². The van der Waals surface area contributed by atoms with Crippen molar-refractivity contribution in [1.82, 2.24) is 0 Å². The minimum Gasteiger partial charge on any atom is -0.493 e. The SMILES string of the molecule is CCCCCCCCOc1c(C)cc(OCC(C)CCBr)c2ccccc12. The smallest absolute Gasteiger partial charge is 0.130 e. The molecule has 0 spiro atoms. The molecule has 2 aromatic carbocycles. The monoisotopic (exact) mass is 434 g/mol. The Balaban J connectivity index is 2.03. The first-order chi connectivity index (χ1) is 13.2. The molecule has 150 valence electrons. The van der Waals surface area contributed by atoms with Crippen LogP contribution in [-0.4, -0.2) is 18.5 Å². The van der Waals surface area contributed by atoms with Crippen molar-refractivity contribution in [2.24, 2.45) is 5.92 Å². The molecule has 0 heterocycles. The lowest BCUT2D eigenvalue weighted by molar-refractivity contribution is 0.259. The van der Waals surface area contributed by atoms with Gasteiger partial charge in [0, 0.05) is 16.1 Å². The van der Waals surface area contributed by atoms with Gasteiger partial charge in [-0.05, 0) is 37.3 Å². The van der Waals surface area contributed by atoms with Gasteiger partial charge in [-0.1, -0.05) is 86.1 Å². The summed E-state index contributed by atoms with van der Waals surface area (Å²) in [6, 6.07) is 10.6. The van der Waals surface area contributed by atoms with Crippen LogP contribution in [-0.2, 0) is 0 Å². The van der Waals surface area contributed by atoms with Crippen LogP contribution in [0.1, 0.15) is 64.4 Å². The Morgan fingerprint density at radius 1 is 0.963 bits per heavy atom. The van der Waals surface area contributed by atoms with E-state index in [1.54, 1.807) is 0 Å². The number of alkyl halides is 1. The summed E-state index contributed by atoms with van der Waals surface area (Å²) in [5.41, 5.74) is 1.16. The first-order valence-corrected chi connectivity index (χ1v) is 11.6. The van der Waals surface area contributed by atoms with Crippen LogP contribution in [0.4, 0.5) is 0 Å². The maximum absolute atomic E-state index is 6.21. The van der Waals surface area contributed by atoms with Crippen LogP contribution in [0.25, 0.3) is 10.8 Å². The Hall–Kier alpha value is -1.22. The number of rotatable bonds is 13. The number of unbranched alkanes of at least 4 members (excludes halogenated alkanes) is 5. The Morgan fingerprint density at radius 3 is 2.41 bits per heavy atom. The van der Waals surface area contributed by atoms with Gasteiger partial charge in [-0.15, -0.1) is 0 Å². The summed E-state index contributed by atoms with van der Waals surface area (Å²) < 4.78 is 12.4. The highest BCUT2D eigenvalue weighted by Gasteiger charge is 2.13. The predicted molar refractivity (Wildman–Crippen MR) is 121 cm³/mol. The Kier molecular flexibility index (Phi) is 10.0. The number of ether oxygens (including phenoxy) is 2. The van der Waals surface area contributed by atoms with E-state index in [0.717, 1.165) is 59.2 Å². The molecular formula is C24H35BrO2. The lowest BCUT2D eigenvalue weighted by atomic mass is 10.0. The van der Waals surface area contributed by atoms with Crippen molar-refractivity contribution in [3.8, 4) is 11.5 Å². The Morgan fingerprint density at radius 2 is 1.67 bits per heavy atom. The standard InChI is InChI=1S/C24H35BrO2/c1-4-5-6-7-8-11-16-26-24-20(3)17-23(27-18-19(2)14-15-25)21-12-9-10-13-22(21)24/h9-10,12-13,17,19H,4-8,11,14-16,18H2,1-3H3. The van der Waals surface area contributed by atoms with Crippen molar-refractivity contribution >= 4 is 26.7 Å². The highest BCUT2D eigenvalue weighted by atomic mass is 79.9. The molecule has 27 heavy (non-hydrogen) atoms. The van der Waals surface area contributed by atoms with Gasteiger partial charge in [0.25, 0.3) is 0 Å². The number of hydrogen-bond donors (Lipinski definition) is 0. The van der Waals surface area contributed by atoms with E-state index < -0.39 is 0 Å². The van der Waals surface area contributed by atoms with Crippen molar-refractivity contribution < 1.29 is 9.47 Å². The van der Waals surface area contributed by atoms with E-state index in [2.05, 4.69) is 67.0 Å². The summed E-state index contributed by atoms with van der Waals surface area (Å²) in [7, 11) is 0. The van der Waals surface area contributed by atoms with Crippen molar-refractivity contribution in [2.45, 2.75) is 65.7 Å². The van der Waals surface area contributed by atoms with Crippen LogP contribution < -0.4 is 9.47 Å². The number of hydrogen-bond acceptors (Lipinski definition) is 2. The molecule has 0 N–H and O–H groups in total. The molecule has 0 aliphatic heterocycles. The predicted octanol–water partition coefficient (Wildman–Crippen LogP) is 7.69. The zero-order valence-corrected chi connectivity index (χ0v) is 18.8. The Labute approximate surface area is 173 Å². The van der Waals surface area contributed by atoms with Gasteiger partial charge in [-0.2, -0.15) is 0 Å². The van der Waals surface area contributed by atoms with Crippen LogP contribution in [0.3, 0.4) is 0 Å². The molecule has 0 aliphatic rings. The van der Waals surface area contributed by atoms with E-state index in [1.807, 2.05) is 0 Å². The van der Waals surface area contributed by atoms with E-state index in [1.165, 1.54) is 32.1 Å². The molecule has 2 aromatic rings. The third-order valence-electron chi connectivity index (χ3n) is 5.01. The molecule has 0 saturated carbocycles. The van der Waals surface area contributed by atoms with Crippen molar-refractivity contribution in [3.05, 3.63) is 35.9 Å². The van der Waals surface area contributed by atoms with Gasteiger partial charge in [0.1, 0.15) is 11.5 Å². The number of benzene rings is 2. The number of aryl methyl sites for hydroxylation is 1. The molecule has 1 atom stereocenters. The van der Waals surface area contributed by atoms with Gasteiger partial charge >= 0.3 is 0 Å². The van der Waals surface area contributed by atoms with Gasteiger partial charge < -0.3 is 9.47 Å². The molecule has 1 unspecified atom stereocenters. The van der Waals surface area contributed by atoms with Crippen LogP contribution in [0, 0.1) is 12.8 Å². The average molecular weight is 435 g/mol. The fraction of sp³-hybridized carbons (Fsp3) is 0.583. The maximum atomic E-state index is 6.21. The minimum atomic E-state index is 0.534. The second-order valence-electron chi connectivity index (χ2n) is 7.58. The first-order valence-electron chi connectivity index (χ1n) is 10.5. The second-order valence-corrected chi connectivity index (χ2v) is 8.37. The van der Waals surface area contributed by atoms with Gasteiger partial charge in [-0.25, -0.2) is 0 Å². The zero-order chi connectivity index (χ0) is 19.5. The topological polar surface area (TPSA) is 18.5 Å². The third-order valence-corrected chi connectivity index (χ3v) is 5.47. The first kappa shape index (κ1) is 22.1. The average Bonchev–Trinajstić information content (AvgIpc) is 2.67. The van der Waals surface area contributed by atoms with Crippen molar-refractivity contribution in [1.29, 1.82) is 0 Å². The fourth-order valence-corrected chi connectivity index (χ4v) is 4.10. The van der Waals surface area contributed by atoms with E-state index in [9.17, 15) is 0 Å². The van der Waals surface area contributed by atoms with Crippen molar-refractivity contribution in [3.63, 3.8) is 0 Å². The van der Waals surface area contributed by atoms with Crippen LogP contribution in [0.15, 0.2) is 30.3 Å². The molecule has 3 heteroatoms. The lowest BCUT2D eigenvalue weighted by Gasteiger charge is -2.18. The van der Waals surface area contributed by atoms with Gasteiger partial charge in [-0.3, -0.25) is 0 Å². The quantitative estimate of drug-likeness (QED) is 0.237. The summed E-state index contributed by atoms with van der Waals surface area (Å²) in [5, 5.41) is 3.32. The van der Waals surface area contributed by atoms with Gasteiger partial charge in [0.05, 0.1) is 13.2 Å². The van der Waals surface area contributed by atoms with E-state index in [0.29, 0.717) is 5.92 Å². The molecule has 0 aromatic heterocycles. The molecule has 0 fully saturated rings. The molecule has 0 aliphatic carbocycles. The molecule has 2 rings (SSSR count). The van der Waals surface area contributed by atoms with E-state index in [4.69, 9.17) is 9.47 Å². The summed E-state index contributed by atoms with van der Waals surface area (Å²) in [6.45, 7) is 8.14. The van der Waals surface area contributed by atoms with Crippen LogP contribution in [0.2, 0.25) is 0 Å². The summed E-state index contributed by atoms with van der Waals surface area (Å²) in [6.07, 6.45) is 8.80. The normalized spacial score (nSPS) is 12.3. The number of fused-ring (bicyclic) bond motifs is 1. The van der Waals surface area contributed by atoms with Crippen LogP contribution in [0.5, 0.6) is 11.5 Å². The largest absolute Gasteiger partial charge is 0.493 e. The minimum absolute atomic E-state index is 0.534. The number of halogens is 1. The van der Waals surface area contributed by atoms with E-state index in [-0.39, 0.29) is 0 Å². The Bertz CT molecular complexity index is 683. The molecule has 0 radical (unpaired) electrons. The van der Waals surface area contributed by atoms with Gasteiger partial charge in [0.2, 0.25) is 0 Å². The fourth-order valence-electron chi connectivity index (χ4n) is 3.32. The van der Waals surface area contributed by atoms with E-state index >= 15 is 0 Å². The molecule has 0 saturated heterocycles. The third kappa shape index (κ3) is 7.03. The molecular weight excluding hydrogens is 400 g/mol. The summed E-state index contributed by atoms with van der Waals surface area (Å²) in [5.74, 6) is 2.52. The highest BCUT2D eigenvalue weighted by molar-refractivity contribution is 9.09. The van der Waals surface area contributed by atoms with Crippen molar-refractivity contribution in [2.75, 3.05) is 18.5 Å². The maximum Gasteiger partial charge on any atom is 0.130 e. The second kappa shape index (κ2) is 12.3. The van der Waals surface area contributed by atoms with Gasteiger partial charge in [0.15, 0.2) is 0 Å². The molecule has 2 nitrogen and oxygen atoms in total. The molecule has 0 amide bonds. The zero-order valence-electron chi connectivity index (χ0n) is 17.2.